The number of hydrogen-bond acceptors (Lipinski definition) is 4. The second kappa shape index (κ2) is 5.44. The van der Waals surface area contributed by atoms with Gasteiger partial charge in [-0.2, -0.15) is 0 Å². The van der Waals surface area contributed by atoms with E-state index >= 15 is 0 Å². The molecule has 1 aromatic carbocycles. The van der Waals surface area contributed by atoms with Gasteiger partial charge in [-0.1, -0.05) is 12.5 Å². The number of hydrogen-bond donors (Lipinski definition) is 0. The van der Waals surface area contributed by atoms with Crippen molar-refractivity contribution in [3.8, 4) is 23.3 Å². The smallest absolute Gasteiger partial charge is 0.153 e. The van der Waals surface area contributed by atoms with Crippen LogP contribution in [-0.2, 0) is 0 Å². The molecular weight excluding hydrogens is 300 g/mol. The summed E-state index contributed by atoms with van der Waals surface area (Å²) in [6.07, 6.45) is 1.47. The zero-order chi connectivity index (χ0) is 15.0. The van der Waals surface area contributed by atoms with Crippen molar-refractivity contribution < 1.29 is 9.47 Å². The van der Waals surface area contributed by atoms with Crippen molar-refractivity contribution in [2.24, 2.45) is 0 Å². The molecule has 0 saturated heterocycles. The van der Waals surface area contributed by atoms with Crippen molar-refractivity contribution in [1.29, 1.82) is 0 Å². The summed E-state index contributed by atoms with van der Waals surface area (Å²) in [6.45, 7) is 7.61. The molecule has 2 aromatic heterocycles. The Kier molecular flexibility index (Phi) is 3.62. The molecule has 0 spiro atoms. The minimum atomic E-state index is 0.842. The van der Waals surface area contributed by atoms with Crippen molar-refractivity contribution in [3.63, 3.8) is 0 Å². The molecule has 0 aliphatic heterocycles. The summed E-state index contributed by atoms with van der Waals surface area (Å²) in [5, 5.41) is 2.12. The highest BCUT2D eigenvalue weighted by molar-refractivity contribution is 7.21. The average molecular weight is 314 g/mol. The molecule has 0 saturated carbocycles. The maximum Gasteiger partial charge on any atom is 0.153 e. The molecule has 0 fully saturated rings. The molecular formula is C17H14O2S2. The molecule has 0 radical (unpaired) electrons. The van der Waals surface area contributed by atoms with Gasteiger partial charge >= 0.3 is 0 Å². The zero-order valence-corrected chi connectivity index (χ0v) is 13.7. The van der Waals surface area contributed by atoms with Crippen LogP contribution < -0.4 is 9.47 Å². The average Bonchev–Trinajstić information content (AvgIpc) is 3.03. The van der Waals surface area contributed by atoms with Crippen LogP contribution in [0.3, 0.4) is 0 Å². The summed E-state index contributed by atoms with van der Waals surface area (Å²) in [5.74, 6) is 7.79. The highest BCUT2D eigenvalue weighted by Crippen LogP contribution is 2.49. The van der Waals surface area contributed by atoms with E-state index in [9.17, 15) is 0 Å². The third kappa shape index (κ3) is 2.19. The third-order valence-corrected chi connectivity index (χ3v) is 5.24. The number of benzene rings is 1. The molecule has 0 unspecified atom stereocenters. The van der Waals surface area contributed by atoms with E-state index in [-0.39, 0.29) is 0 Å². The molecule has 0 bridgehead atoms. The molecule has 3 rings (SSSR count). The van der Waals surface area contributed by atoms with Crippen LogP contribution in [0.2, 0.25) is 0 Å². The van der Waals surface area contributed by atoms with Gasteiger partial charge in [0.15, 0.2) is 5.75 Å². The number of aryl methyl sites for hydroxylation is 1. The van der Waals surface area contributed by atoms with Gasteiger partial charge in [-0.15, -0.1) is 28.6 Å². The molecule has 0 aliphatic rings. The van der Waals surface area contributed by atoms with Crippen molar-refractivity contribution in [2.75, 3.05) is 7.11 Å². The maximum atomic E-state index is 5.71. The minimum Gasteiger partial charge on any atom is -0.495 e. The summed E-state index contributed by atoms with van der Waals surface area (Å²) < 4.78 is 13.5. The molecule has 106 valence electrons. The maximum absolute atomic E-state index is 5.71. The van der Waals surface area contributed by atoms with E-state index in [0.717, 1.165) is 36.5 Å². The van der Waals surface area contributed by atoms with Crippen LogP contribution in [-0.4, -0.2) is 7.11 Å². The molecule has 2 heterocycles. The van der Waals surface area contributed by atoms with Gasteiger partial charge < -0.3 is 9.47 Å². The molecule has 21 heavy (non-hydrogen) atoms. The Hall–Kier alpha value is -1.96. The Morgan fingerprint density at radius 2 is 1.86 bits per heavy atom. The van der Waals surface area contributed by atoms with Gasteiger partial charge in [0.1, 0.15) is 5.75 Å². The van der Waals surface area contributed by atoms with Gasteiger partial charge in [0.05, 0.1) is 27.6 Å². The first-order valence-electron chi connectivity index (χ1n) is 6.43. The predicted molar refractivity (Wildman–Crippen MR) is 91.9 cm³/mol. The second-order valence-electron chi connectivity index (χ2n) is 4.48. The lowest BCUT2D eigenvalue weighted by molar-refractivity contribution is 0.425. The second-order valence-corrected chi connectivity index (χ2v) is 6.78. The highest BCUT2D eigenvalue weighted by Gasteiger charge is 2.19. The Morgan fingerprint density at radius 3 is 2.52 bits per heavy atom. The van der Waals surface area contributed by atoms with E-state index in [1.54, 1.807) is 29.8 Å². The highest BCUT2D eigenvalue weighted by atomic mass is 32.1. The van der Waals surface area contributed by atoms with Crippen LogP contribution >= 0.6 is 22.7 Å². The fourth-order valence-corrected chi connectivity index (χ4v) is 4.52. The fraction of sp³-hybridized carbons (Fsp3) is 0.176. The number of rotatable bonds is 3. The number of ether oxygens (including phenoxy) is 2. The van der Waals surface area contributed by atoms with Crippen LogP contribution in [0.15, 0.2) is 25.0 Å². The number of thiophene rings is 2. The summed E-state index contributed by atoms with van der Waals surface area (Å²) in [7, 11) is 1.71. The van der Waals surface area contributed by atoms with E-state index in [4.69, 9.17) is 9.47 Å². The topological polar surface area (TPSA) is 18.5 Å². The first-order valence-corrected chi connectivity index (χ1v) is 8.06. The van der Waals surface area contributed by atoms with Gasteiger partial charge in [0.25, 0.3) is 0 Å². The Morgan fingerprint density at radius 1 is 1.14 bits per heavy atom. The van der Waals surface area contributed by atoms with Crippen molar-refractivity contribution >= 4 is 42.8 Å². The standard InChI is InChI=1S/C17H14O2S2/c1-5-7-11-9-13-15(19-6-2)17-12(8-10(3)20-17)14(18-4)16(13)21-11/h6,8-9H,2H2,1,3-4H3. The van der Waals surface area contributed by atoms with Crippen LogP contribution in [0.1, 0.15) is 16.7 Å². The Labute approximate surface area is 131 Å². The number of fused-ring (bicyclic) bond motifs is 2. The van der Waals surface area contributed by atoms with Crippen LogP contribution in [0.4, 0.5) is 0 Å². The molecule has 0 amide bonds. The summed E-state index contributed by atoms with van der Waals surface area (Å²) in [6, 6.07) is 4.20. The van der Waals surface area contributed by atoms with Gasteiger partial charge in [-0.25, -0.2) is 0 Å². The molecule has 0 aliphatic carbocycles. The van der Waals surface area contributed by atoms with E-state index in [0.29, 0.717) is 0 Å². The molecule has 2 nitrogen and oxygen atoms in total. The quantitative estimate of drug-likeness (QED) is 0.481. The fourth-order valence-electron chi connectivity index (χ4n) is 2.41. The Bertz CT molecular complexity index is 904. The summed E-state index contributed by atoms with van der Waals surface area (Å²) >= 11 is 3.33. The van der Waals surface area contributed by atoms with E-state index in [2.05, 4.69) is 37.5 Å². The van der Waals surface area contributed by atoms with Gasteiger partial charge in [0, 0.05) is 15.6 Å². The first-order chi connectivity index (χ1) is 10.2. The monoisotopic (exact) mass is 314 g/mol. The van der Waals surface area contributed by atoms with Gasteiger partial charge in [-0.05, 0) is 26.0 Å². The van der Waals surface area contributed by atoms with Crippen LogP contribution in [0.25, 0.3) is 20.2 Å². The lowest BCUT2D eigenvalue weighted by Gasteiger charge is -2.08. The summed E-state index contributed by atoms with van der Waals surface area (Å²) in [5.41, 5.74) is 0. The lowest BCUT2D eigenvalue weighted by Crippen LogP contribution is -1.87. The van der Waals surface area contributed by atoms with Crippen molar-refractivity contribution in [1.82, 2.24) is 0 Å². The molecule has 0 N–H and O–H groups in total. The third-order valence-electron chi connectivity index (χ3n) is 3.14. The van der Waals surface area contributed by atoms with E-state index < -0.39 is 0 Å². The normalized spacial score (nSPS) is 10.4. The van der Waals surface area contributed by atoms with E-state index in [1.807, 2.05) is 6.92 Å². The minimum absolute atomic E-state index is 0.842. The largest absolute Gasteiger partial charge is 0.495 e. The molecule has 4 heteroatoms. The van der Waals surface area contributed by atoms with Gasteiger partial charge in [0.2, 0.25) is 0 Å². The Balaban J connectivity index is 2.50. The first kappa shape index (κ1) is 14.0. The van der Waals surface area contributed by atoms with Crippen molar-refractivity contribution in [2.45, 2.75) is 13.8 Å². The molecule has 3 aromatic rings. The van der Waals surface area contributed by atoms with Crippen molar-refractivity contribution in [3.05, 3.63) is 34.7 Å². The molecule has 0 atom stereocenters. The van der Waals surface area contributed by atoms with Gasteiger partial charge in [-0.3, -0.25) is 0 Å². The number of methoxy groups -OCH3 is 1. The summed E-state index contributed by atoms with van der Waals surface area (Å²) in [4.78, 5) is 2.23. The SMILES string of the molecule is C=COc1c2cc(C#CC)sc2c(OC)c2cc(C)sc12. The van der Waals surface area contributed by atoms with Crippen LogP contribution in [0.5, 0.6) is 11.5 Å². The zero-order valence-electron chi connectivity index (χ0n) is 12.1. The van der Waals surface area contributed by atoms with E-state index in [1.165, 1.54) is 11.1 Å². The van der Waals surface area contributed by atoms with Crippen LogP contribution in [0, 0.1) is 18.8 Å². The predicted octanol–water partition coefficient (Wildman–Crippen LogP) is 5.33. The lowest BCUT2D eigenvalue weighted by atomic mass is 10.1.